The number of carbonyl (C=O) groups is 1. The zero-order valence-electron chi connectivity index (χ0n) is 20.6. The van der Waals surface area contributed by atoms with Crippen LogP contribution in [0.3, 0.4) is 0 Å². The number of likely N-dealkylation sites (tertiary alicyclic amines) is 2. The molecule has 0 bridgehead atoms. The number of hydrogen-bond acceptors (Lipinski definition) is 5. The average molecular weight is 490 g/mol. The molecule has 3 saturated heterocycles. The Kier molecular flexibility index (Phi) is 8.89. The molecule has 188 valence electrons. The van der Waals surface area contributed by atoms with Gasteiger partial charge in [0, 0.05) is 39.3 Å². The Balaban J connectivity index is 1.17. The Hall–Kier alpha value is -2.06. The first kappa shape index (κ1) is 25.0. The molecule has 3 aliphatic heterocycles. The van der Waals surface area contributed by atoms with Crippen LogP contribution in [-0.2, 0) is 16.0 Å². The summed E-state index contributed by atoms with van der Waals surface area (Å²) in [5, 5.41) is 4.29. The van der Waals surface area contributed by atoms with Crippen LogP contribution >= 0.6 is 12.2 Å². The topological polar surface area (TPSA) is 63.3 Å². The number of nitrogens with one attached hydrogen (secondary N) is 1. The smallest absolute Gasteiger partial charge is 0.226 e. The summed E-state index contributed by atoms with van der Waals surface area (Å²) in [4.78, 5) is 17.3. The minimum atomic E-state index is 0.197. The minimum Gasteiger partial charge on any atom is -0.493 e. The molecule has 1 atom stereocenters. The lowest BCUT2D eigenvalue weighted by atomic mass is 9.79. The summed E-state index contributed by atoms with van der Waals surface area (Å²) in [6.45, 7) is 5.48. The predicted molar refractivity (Wildman–Crippen MR) is 136 cm³/mol. The molecule has 1 amide bonds. The minimum absolute atomic E-state index is 0.197. The average Bonchev–Trinajstić information content (AvgIpc) is 3.41. The van der Waals surface area contributed by atoms with Gasteiger partial charge < -0.3 is 29.3 Å². The van der Waals surface area contributed by atoms with Gasteiger partial charge in [0.15, 0.2) is 16.6 Å². The Labute approximate surface area is 209 Å². The summed E-state index contributed by atoms with van der Waals surface area (Å²) in [5.41, 5.74) is 0.959. The van der Waals surface area contributed by atoms with E-state index in [1.807, 2.05) is 23.1 Å². The summed E-state index contributed by atoms with van der Waals surface area (Å²) in [5.74, 6) is 2.99. The SMILES string of the molecule is COc1ccc(CC(=O)N2CCC(C3CCN(C(=S)NCC4CCCO4)CC3)CC2)cc1OC. The van der Waals surface area contributed by atoms with Crippen molar-refractivity contribution in [3.8, 4) is 11.5 Å². The lowest BCUT2D eigenvalue weighted by molar-refractivity contribution is -0.132. The van der Waals surface area contributed by atoms with E-state index in [1.165, 1.54) is 12.8 Å². The van der Waals surface area contributed by atoms with Crippen LogP contribution in [0.2, 0.25) is 0 Å². The second-order valence-electron chi connectivity index (χ2n) is 9.73. The zero-order valence-corrected chi connectivity index (χ0v) is 21.4. The summed E-state index contributed by atoms with van der Waals surface area (Å²) in [6, 6.07) is 5.71. The molecule has 1 aromatic rings. The third-order valence-electron chi connectivity index (χ3n) is 7.69. The molecule has 0 radical (unpaired) electrons. The first-order valence-corrected chi connectivity index (χ1v) is 13.1. The molecular weight excluding hydrogens is 450 g/mol. The van der Waals surface area contributed by atoms with Gasteiger partial charge in [-0.1, -0.05) is 6.07 Å². The Morgan fingerprint density at radius 3 is 2.24 bits per heavy atom. The number of carbonyl (C=O) groups excluding carboxylic acids is 1. The molecule has 1 aromatic carbocycles. The highest BCUT2D eigenvalue weighted by Crippen LogP contribution is 2.33. The maximum absolute atomic E-state index is 12.9. The van der Waals surface area contributed by atoms with Gasteiger partial charge in [-0.05, 0) is 80.3 Å². The molecule has 3 heterocycles. The van der Waals surface area contributed by atoms with Crippen LogP contribution in [0, 0.1) is 11.8 Å². The van der Waals surface area contributed by atoms with Crippen LogP contribution in [0.5, 0.6) is 11.5 Å². The molecule has 3 aliphatic rings. The van der Waals surface area contributed by atoms with Gasteiger partial charge in [-0.3, -0.25) is 4.79 Å². The van der Waals surface area contributed by atoms with E-state index < -0.39 is 0 Å². The molecule has 1 unspecified atom stereocenters. The highest BCUT2D eigenvalue weighted by atomic mass is 32.1. The Morgan fingerprint density at radius 1 is 1.00 bits per heavy atom. The van der Waals surface area contributed by atoms with Gasteiger partial charge in [0.05, 0.1) is 26.7 Å². The standard InChI is InChI=1S/C26H39N3O4S/c1-31-23-6-5-19(16-24(23)32-2)17-25(30)28-11-7-20(8-12-28)21-9-13-29(14-10-21)26(34)27-18-22-4-3-15-33-22/h5-6,16,20-22H,3-4,7-15,17-18H2,1-2H3,(H,27,34). The fourth-order valence-electron chi connectivity index (χ4n) is 5.59. The van der Waals surface area contributed by atoms with Crippen molar-refractivity contribution < 1.29 is 19.0 Å². The second kappa shape index (κ2) is 12.1. The summed E-state index contributed by atoms with van der Waals surface area (Å²) >= 11 is 5.63. The molecule has 8 heteroatoms. The van der Waals surface area contributed by atoms with Crippen molar-refractivity contribution >= 4 is 23.2 Å². The number of rotatable bonds is 7. The van der Waals surface area contributed by atoms with Crippen molar-refractivity contribution in [3.63, 3.8) is 0 Å². The van der Waals surface area contributed by atoms with Crippen LogP contribution in [0.25, 0.3) is 0 Å². The molecule has 0 saturated carbocycles. The van der Waals surface area contributed by atoms with Crippen molar-refractivity contribution in [2.24, 2.45) is 11.8 Å². The van der Waals surface area contributed by atoms with Crippen LogP contribution in [0.1, 0.15) is 44.1 Å². The largest absolute Gasteiger partial charge is 0.493 e. The molecule has 1 N–H and O–H groups in total. The van der Waals surface area contributed by atoms with Gasteiger partial charge in [0.25, 0.3) is 0 Å². The Bertz CT molecular complexity index is 829. The van der Waals surface area contributed by atoms with Crippen molar-refractivity contribution in [1.29, 1.82) is 0 Å². The maximum Gasteiger partial charge on any atom is 0.226 e. The van der Waals surface area contributed by atoms with Crippen LogP contribution < -0.4 is 14.8 Å². The number of thiocarbonyl (C=S) groups is 1. The molecule has 0 aromatic heterocycles. The van der Waals surface area contributed by atoms with Gasteiger partial charge in [0.2, 0.25) is 5.91 Å². The van der Waals surface area contributed by atoms with Gasteiger partial charge >= 0.3 is 0 Å². The van der Waals surface area contributed by atoms with Gasteiger partial charge in [-0.2, -0.15) is 0 Å². The van der Waals surface area contributed by atoms with Crippen molar-refractivity contribution in [2.45, 2.75) is 51.0 Å². The third-order valence-corrected chi connectivity index (χ3v) is 8.10. The van der Waals surface area contributed by atoms with Crippen LogP contribution in [0.4, 0.5) is 0 Å². The molecule has 4 rings (SSSR count). The molecule has 7 nitrogen and oxygen atoms in total. The summed E-state index contributed by atoms with van der Waals surface area (Å²) in [7, 11) is 3.24. The monoisotopic (exact) mass is 489 g/mol. The van der Waals surface area contributed by atoms with E-state index in [2.05, 4.69) is 10.2 Å². The number of ether oxygens (including phenoxy) is 3. The summed E-state index contributed by atoms with van der Waals surface area (Å²) < 4.78 is 16.4. The first-order valence-electron chi connectivity index (χ1n) is 12.7. The van der Waals surface area contributed by atoms with Crippen molar-refractivity contribution in [3.05, 3.63) is 23.8 Å². The van der Waals surface area contributed by atoms with E-state index >= 15 is 0 Å². The number of amides is 1. The predicted octanol–water partition coefficient (Wildman–Crippen LogP) is 3.25. The second-order valence-corrected chi connectivity index (χ2v) is 10.1. The van der Waals surface area contributed by atoms with Gasteiger partial charge in [-0.25, -0.2) is 0 Å². The molecule has 0 aliphatic carbocycles. The third kappa shape index (κ3) is 6.33. The number of piperidine rings is 2. The van der Waals surface area contributed by atoms with Gasteiger partial charge in [0.1, 0.15) is 0 Å². The molecule has 0 spiro atoms. The van der Waals surface area contributed by atoms with E-state index in [0.717, 1.165) is 81.6 Å². The number of benzene rings is 1. The first-order chi connectivity index (χ1) is 16.6. The fraction of sp³-hybridized carbons (Fsp3) is 0.692. The highest BCUT2D eigenvalue weighted by Gasteiger charge is 2.31. The molecular formula is C26H39N3O4S. The Morgan fingerprint density at radius 2 is 1.65 bits per heavy atom. The van der Waals surface area contributed by atoms with Crippen LogP contribution in [-0.4, -0.2) is 80.5 Å². The number of hydrogen-bond donors (Lipinski definition) is 1. The van der Waals surface area contributed by atoms with E-state index in [9.17, 15) is 4.79 Å². The molecule has 34 heavy (non-hydrogen) atoms. The highest BCUT2D eigenvalue weighted by molar-refractivity contribution is 7.80. The van der Waals surface area contributed by atoms with Gasteiger partial charge in [-0.15, -0.1) is 0 Å². The van der Waals surface area contributed by atoms with E-state index in [-0.39, 0.29) is 5.91 Å². The van der Waals surface area contributed by atoms with Crippen LogP contribution in [0.15, 0.2) is 18.2 Å². The van der Waals surface area contributed by atoms with Crippen molar-refractivity contribution in [2.75, 3.05) is 53.6 Å². The van der Waals surface area contributed by atoms with E-state index in [4.69, 9.17) is 26.4 Å². The van der Waals surface area contributed by atoms with E-state index in [1.54, 1.807) is 14.2 Å². The van der Waals surface area contributed by atoms with Crippen molar-refractivity contribution in [1.82, 2.24) is 15.1 Å². The maximum atomic E-state index is 12.9. The molecule has 3 fully saturated rings. The lowest BCUT2D eigenvalue weighted by Crippen LogP contribution is -2.48. The zero-order chi connectivity index (χ0) is 23.9. The fourth-order valence-corrected chi connectivity index (χ4v) is 5.86. The number of methoxy groups -OCH3 is 2. The normalized spacial score (nSPS) is 22.0. The van der Waals surface area contributed by atoms with E-state index in [0.29, 0.717) is 29.9 Å². The lowest BCUT2D eigenvalue weighted by Gasteiger charge is -2.41. The quantitative estimate of drug-likeness (QED) is 0.590. The number of nitrogens with zero attached hydrogens (tertiary/aromatic N) is 2. The summed E-state index contributed by atoms with van der Waals surface area (Å²) in [6.07, 6.45) is 7.58.